The van der Waals surface area contributed by atoms with E-state index < -0.39 is 12.6 Å². The van der Waals surface area contributed by atoms with Crippen molar-refractivity contribution in [1.82, 2.24) is 15.2 Å². The van der Waals surface area contributed by atoms with Crippen LogP contribution < -0.4 is 10.1 Å². The third-order valence-corrected chi connectivity index (χ3v) is 9.53. The van der Waals surface area contributed by atoms with Crippen molar-refractivity contribution in [3.8, 4) is 16.3 Å². The number of unbranched alkanes of at least 4 members (excludes halogenated alkanes) is 2. The number of hydrogen-bond donors (Lipinski definition) is 2. The third kappa shape index (κ3) is 11.9. The van der Waals surface area contributed by atoms with Crippen LogP contribution in [0.4, 0.5) is 0 Å². The molecule has 3 aromatic carbocycles. The Morgan fingerprint density at radius 1 is 0.863 bits per heavy atom. The highest BCUT2D eigenvalue weighted by atomic mass is 32.1. The molecule has 0 unspecified atom stereocenters. The van der Waals surface area contributed by atoms with Crippen molar-refractivity contribution in [3.05, 3.63) is 142 Å². The van der Waals surface area contributed by atoms with Gasteiger partial charge in [0.05, 0.1) is 12.2 Å². The number of hydrogen-bond acceptors (Lipinski definition) is 6. The van der Waals surface area contributed by atoms with Gasteiger partial charge in [0.1, 0.15) is 10.8 Å². The standard InChI is InChI=1S/C42H45N3O5S/c1-2-3-6-9-32-12-14-33(15-13-32)26-43-41(49)35-19-21-36(22-20-35)42-44-37(30-51-42)28-45(39(46)25-18-31-10-7-4-5-8-11-31)27-34-16-23-38(24-17-34)50-29-40(47)48/h4-5,7-8,10,12-17,19-24,30H,2-3,6,9,11,18,25-29H2,1H3,(H,43,49)(H,47,48). The first-order valence-electron chi connectivity index (χ1n) is 17.5. The summed E-state index contributed by atoms with van der Waals surface area (Å²) in [4.78, 5) is 44.0. The van der Waals surface area contributed by atoms with E-state index in [-0.39, 0.29) is 11.8 Å². The van der Waals surface area contributed by atoms with Crippen molar-refractivity contribution in [2.75, 3.05) is 6.61 Å². The molecule has 1 heterocycles. The maximum Gasteiger partial charge on any atom is 0.341 e. The number of amides is 2. The van der Waals surface area contributed by atoms with Crippen LogP contribution in [0.15, 0.2) is 114 Å². The third-order valence-electron chi connectivity index (χ3n) is 8.59. The molecule has 0 spiro atoms. The van der Waals surface area contributed by atoms with E-state index in [2.05, 4.69) is 48.7 Å². The van der Waals surface area contributed by atoms with Crippen molar-refractivity contribution in [2.45, 2.75) is 71.5 Å². The molecule has 2 N–H and O–H groups in total. The number of thiazole rings is 1. The number of carbonyl (C=O) groups excluding carboxylic acids is 2. The lowest BCUT2D eigenvalue weighted by Crippen LogP contribution is -2.30. The topological polar surface area (TPSA) is 109 Å². The fraction of sp³-hybridized carbons (Fsp3) is 0.286. The number of carboxylic acid groups (broad SMARTS) is 1. The molecule has 0 aliphatic heterocycles. The Labute approximate surface area is 304 Å². The lowest BCUT2D eigenvalue weighted by molar-refractivity contribution is -0.139. The Morgan fingerprint density at radius 2 is 1.61 bits per heavy atom. The molecule has 0 saturated carbocycles. The van der Waals surface area contributed by atoms with Gasteiger partial charge in [-0.15, -0.1) is 11.3 Å². The zero-order valence-electron chi connectivity index (χ0n) is 29.1. The molecule has 264 valence electrons. The highest BCUT2D eigenvalue weighted by Crippen LogP contribution is 2.26. The van der Waals surface area contributed by atoms with E-state index in [9.17, 15) is 14.4 Å². The first-order valence-corrected chi connectivity index (χ1v) is 18.4. The van der Waals surface area contributed by atoms with Gasteiger partial charge < -0.3 is 20.1 Å². The number of carboxylic acids is 1. The van der Waals surface area contributed by atoms with Gasteiger partial charge in [0, 0.05) is 36.0 Å². The molecule has 1 aliphatic carbocycles. The molecule has 0 saturated heterocycles. The van der Waals surface area contributed by atoms with E-state index in [1.165, 1.54) is 41.7 Å². The smallest absolute Gasteiger partial charge is 0.341 e. The predicted octanol–water partition coefficient (Wildman–Crippen LogP) is 8.69. The number of aromatic nitrogens is 1. The van der Waals surface area contributed by atoms with Gasteiger partial charge in [-0.2, -0.15) is 0 Å². The number of ether oxygens (including phenoxy) is 1. The molecular formula is C42H45N3O5S. The molecule has 0 fully saturated rings. The number of aryl methyl sites for hydroxylation is 1. The molecule has 0 bridgehead atoms. The zero-order chi connectivity index (χ0) is 35.8. The van der Waals surface area contributed by atoms with Crippen molar-refractivity contribution in [1.29, 1.82) is 0 Å². The van der Waals surface area contributed by atoms with Crippen LogP contribution in [0.2, 0.25) is 0 Å². The first-order chi connectivity index (χ1) is 24.9. The molecule has 1 aromatic heterocycles. The van der Waals surface area contributed by atoms with Crippen molar-refractivity contribution in [2.24, 2.45) is 0 Å². The van der Waals surface area contributed by atoms with Gasteiger partial charge in [-0.3, -0.25) is 9.59 Å². The monoisotopic (exact) mass is 703 g/mol. The summed E-state index contributed by atoms with van der Waals surface area (Å²) in [6.07, 6.45) is 16.8. The van der Waals surface area contributed by atoms with Crippen molar-refractivity contribution < 1.29 is 24.2 Å². The second kappa shape index (κ2) is 19.2. The van der Waals surface area contributed by atoms with E-state index in [4.69, 9.17) is 14.8 Å². The average Bonchev–Trinajstić information content (AvgIpc) is 3.46. The number of allylic oxidation sites excluding steroid dienone is 6. The SMILES string of the molecule is CCCCCc1ccc(CNC(=O)c2ccc(-c3nc(CN(Cc4ccc(OCC(=O)O)cc4)C(=O)CCC4=CC=CC=CC4)cs3)cc2)cc1. The maximum atomic E-state index is 13.6. The van der Waals surface area contributed by atoms with Gasteiger partial charge in [-0.1, -0.05) is 104 Å². The lowest BCUT2D eigenvalue weighted by Gasteiger charge is -2.22. The normalized spacial score (nSPS) is 12.2. The summed E-state index contributed by atoms with van der Waals surface area (Å²) in [6, 6.07) is 23.0. The summed E-state index contributed by atoms with van der Waals surface area (Å²) < 4.78 is 5.27. The Bertz CT molecular complexity index is 1840. The molecule has 9 heteroatoms. The molecule has 8 nitrogen and oxygen atoms in total. The number of rotatable bonds is 18. The minimum Gasteiger partial charge on any atom is -0.482 e. The van der Waals surface area contributed by atoms with Gasteiger partial charge in [-0.05, 0) is 66.6 Å². The second-order valence-corrected chi connectivity index (χ2v) is 13.5. The van der Waals surface area contributed by atoms with Crippen LogP contribution in [0.3, 0.4) is 0 Å². The molecule has 5 rings (SSSR count). The van der Waals surface area contributed by atoms with E-state index >= 15 is 0 Å². The van der Waals surface area contributed by atoms with Crippen LogP contribution >= 0.6 is 11.3 Å². The summed E-state index contributed by atoms with van der Waals surface area (Å²) in [6.45, 7) is 2.97. The van der Waals surface area contributed by atoms with E-state index in [1.54, 1.807) is 12.1 Å². The summed E-state index contributed by atoms with van der Waals surface area (Å²) in [7, 11) is 0. The van der Waals surface area contributed by atoms with Crippen molar-refractivity contribution in [3.63, 3.8) is 0 Å². The molecule has 0 atom stereocenters. The van der Waals surface area contributed by atoms with Crippen LogP contribution in [0.25, 0.3) is 10.6 Å². The Hall–Kier alpha value is -5.28. The predicted molar refractivity (Wildman–Crippen MR) is 202 cm³/mol. The Kier molecular flexibility index (Phi) is 13.9. The van der Waals surface area contributed by atoms with Crippen LogP contribution in [0, 0.1) is 0 Å². The van der Waals surface area contributed by atoms with E-state index in [0.29, 0.717) is 43.8 Å². The van der Waals surface area contributed by atoms with Gasteiger partial charge in [0.2, 0.25) is 5.91 Å². The fourth-order valence-electron chi connectivity index (χ4n) is 5.68. The van der Waals surface area contributed by atoms with Crippen LogP contribution in [-0.2, 0) is 35.6 Å². The van der Waals surface area contributed by atoms with Gasteiger partial charge in [0.25, 0.3) is 5.91 Å². The number of nitrogens with zero attached hydrogens (tertiary/aromatic N) is 2. The van der Waals surface area contributed by atoms with E-state index in [0.717, 1.165) is 40.2 Å². The molecule has 2 amide bonds. The highest BCUT2D eigenvalue weighted by Gasteiger charge is 2.18. The minimum absolute atomic E-state index is 0.0205. The fourth-order valence-corrected chi connectivity index (χ4v) is 6.50. The van der Waals surface area contributed by atoms with Crippen LogP contribution in [0.5, 0.6) is 5.75 Å². The number of benzene rings is 3. The lowest BCUT2D eigenvalue weighted by atomic mass is 10.1. The van der Waals surface area contributed by atoms with Gasteiger partial charge in [-0.25, -0.2) is 9.78 Å². The maximum absolute atomic E-state index is 13.6. The van der Waals surface area contributed by atoms with E-state index in [1.807, 2.05) is 64.9 Å². The Balaban J connectivity index is 1.20. The largest absolute Gasteiger partial charge is 0.482 e. The Morgan fingerprint density at radius 3 is 2.35 bits per heavy atom. The van der Waals surface area contributed by atoms with Crippen molar-refractivity contribution >= 4 is 29.1 Å². The molecule has 1 aliphatic rings. The number of nitrogens with one attached hydrogen (secondary N) is 1. The summed E-state index contributed by atoms with van der Waals surface area (Å²) in [5.74, 6) is -0.696. The van der Waals surface area contributed by atoms with Gasteiger partial charge >= 0.3 is 5.97 Å². The molecule has 51 heavy (non-hydrogen) atoms. The quantitative estimate of drug-likeness (QED) is 0.100. The summed E-state index contributed by atoms with van der Waals surface area (Å²) >= 11 is 1.50. The zero-order valence-corrected chi connectivity index (χ0v) is 29.9. The first kappa shape index (κ1) is 37.0. The van der Waals surface area contributed by atoms with Crippen LogP contribution in [-0.4, -0.2) is 39.4 Å². The second-order valence-electron chi connectivity index (χ2n) is 12.6. The van der Waals surface area contributed by atoms with Crippen LogP contribution in [0.1, 0.15) is 78.2 Å². The summed E-state index contributed by atoms with van der Waals surface area (Å²) in [5, 5.41) is 14.7. The number of carbonyl (C=O) groups is 3. The van der Waals surface area contributed by atoms with Gasteiger partial charge in [0.15, 0.2) is 6.61 Å². The minimum atomic E-state index is -1.04. The number of aliphatic carboxylic acids is 1. The molecular weight excluding hydrogens is 659 g/mol. The molecule has 4 aromatic rings. The summed E-state index contributed by atoms with van der Waals surface area (Å²) in [5.41, 5.74) is 6.76. The molecule has 0 radical (unpaired) electrons. The average molecular weight is 704 g/mol. The highest BCUT2D eigenvalue weighted by molar-refractivity contribution is 7.13.